The molecule has 3 amide bonds. The molecule has 4 aliphatic carbocycles. The molecular formula is C18H14N2O5. The molecule has 1 aromatic rings. The third-order valence-corrected chi connectivity index (χ3v) is 6.19. The van der Waals surface area contributed by atoms with Crippen molar-refractivity contribution in [2.24, 2.45) is 35.5 Å². The van der Waals surface area contributed by atoms with Crippen LogP contribution in [0.5, 0.6) is 0 Å². The topological polar surface area (TPSA) is 97.6 Å². The number of imide groups is 3. The molecule has 6 rings (SSSR count). The van der Waals surface area contributed by atoms with E-state index in [1.807, 2.05) is 12.2 Å². The van der Waals surface area contributed by atoms with Gasteiger partial charge in [-0.15, -0.1) is 0 Å². The fourth-order valence-corrected chi connectivity index (χ4v) is 5.01. The lowest BCUT2D eigenvalue weighted by atomic mass is 9.63. The second-order valence-corrected chi connectivity index (χ2v) is 7.28. The first-order chi connectivity index (χ1) is 12.0. The lowest BCUT2D eigenvalue weighted by Gasteiger charge is -2.37. The van der Waals surface area contributed by atoms with Gasteiger partial charge in [-0.25, -0.2) is 4.90 Å². The lowest BCUT2D eigenvalue weighted by Crippen LogP contribution is -2.40. The summed E-state index contributed by atoms with van der Waals surface area (Å²) in [6.45, 7) is 0. The standard InChI is InChI=1S/C18H14N2O5/c21-16(8-1-3-9(4-2-8)20(24)25)19-17(22)14-10-5-6-11(13-7-12(10)13)15(14)18(19)23/h1-6,10-15H,7H2/t10-,11-,12-,13+,14+,15+/m0/s1. The van der Waals surface area contributed by atoms with Crippen LogP contribution in [0.15, 0.2) is 36.4 Å². The second-order valence-electron chi connectivity index (χ2n) is 7.28. The number of carbonyl (C=O) groups excluding carboxylic acids is 3. The Balaban J connectivity index is 1.47. The number of carbonyl (C=O) groups is 3. The molecule has 1 saturated heterocycles. The van der Waals surface area contributed by atoms with Crippen molar-refractivity contribution >= 4 is 23.4 Å². The number of allylic oxidation sites excluding steroid dienone is 2. The Kier molecular flexibility index (Phi) is 2.68. The minimum Gasteiger partial charge on any atom is -0.274 e. The van der Waals surface area contributed by atoms with Gasteiger partial charge in [0, 0.05) is 17.7 Å². The van der Waals surface area contributed by atoms with E-state index in [0.717, 1.165) is 11.3 Å². The molecule has 0 aromatic heterocycles. The van der Waals surface area contributed by atoms with Crippen LogP contribution in [0.1, 0.15) is 16.8 Å². The first-order valence-electron chi connectivity index (χ1n) is 8.34. The first kappa shape index (κ1) is 14.5. The average molecular weight is 338 g/mol. The summed E-state index contributed by atoms with van der Waals surface area (Å²) in [5.74, 6) is -1.29. The van der Waals surface area contributed by atoms with Crippen LogP contribution in [-0.4, -0.2) is 27.5 Å². The van der Waals surface area contributed by atoms with E-state index in [9.17, 15) is 24.5 Å². The molecule has 2 bridgehead atoms. The van der Waals surface area contributed by atoms with Crippen LogP contribution in [-0.2, 0) is 9.59 Å². The Labute approximate surface area is 142 Å². The second kappa shape index (κ2) is 4.62. The maximum Gasteiger partial charge on any atom is 0.269 e. The van der Waals surface area contributed by atoms with E-state index < -0.39 is 34.5 Å². The van der Waals surface area contributed by atoms with Gasteiger partial charge < -0.3 is 0 Å². The van der Waals surface area contributed by atoms with Gasteiger partial charge in [0.2, 0.25) is 11.8 Å². The molecule has 0 radical (unpaired) electrons. The maximum absolute atomic E-state index is 12.8. The third kappa shape index (κ3) is 1.78. The van der Waals surface area contributed by atoms with Gasteiger partial charge >= 0.3 is 0 Å². The van der Waals surface area contributed by atoms with E-state index in [0.29, 0.717) is 11.8 Å². The van der Waals surface area contributed by atoms with E-state index in [1.54, 1.807) is 0 Å². The Morgan fingerprint density at radius 1 is 1.00 bits per heavy atom. The largest absolute Gasteiger partial charge is 0.274 e. The molecule has 1 heterocycles. The summed E-state index contributed by atoms with van der Waals surface area (Å²) in [4.78, 5) is 49.3. The maximum atomic E-state index is 12.8. The Morgan fingerprint density at radius 3 is 2.00 bits per heavy atom. The fourth-order valence-electron chi connectivity index (χ4n) is 5.01. The normalized spacial score (nSPS) is 37.0. The van der Waals surface area contributed by atoms with E-state index in [2.05, 4.69) is 0 Å². The molecule has 7 nitrogen and oxygen atoms in total. The van der Waals surface area contributed by atoms with Gasteiger partial charge in [-0.1, -0.05) is 12.2 Å². The number of hydrogen-bond donors (Lipinski definition) is 0. The molecule has 5 aliphatic rings. The molecule has 126 valence electrons. The summed E-state index contributed by atoms with van der Waals surface area (Å²) in [6, 6.07) is 4.97. The number of nitrogens with zero attached hydrogens (tertiary/aromatic N) is 2. The lowest BCUT2D eigenvalue weighted by molar-refractivity contribution is -0.384. The van der Waals surface area contributed by atoms with Crippen molar-refractivity contribution in [2.75, 3.05) is 0 Å². The predicted molar refractivity (Wildman–Crippen MR) is 84.0 cm³/mol. The van der Waals surface area contributed by atoms with Crippen molar-refractivity contribution in [3.8, 4) is 0 Å². The summed E-state index contributed by atoms with van der Waals surface area (Å²) >= 11 is 0. The van der Waals surface area contributed by atoms with Crippen molar-refractivity contribution in [3.63, 3.8) is 0 Å². The van der Waals surface area contributed by atoms with Crippen molar-refractivity contribution < 1.29 is 19.3 Å². The minimum atomic E-state index is -0.688. The number of amides is 3. The van der Waals surface area contributed by atoms with Gasteiger partial charge in [-0.05, 0) is 42.2 Å². The molecule has 0 spiro atoms. The van der Waals surface area contributed by atoms with Gasteiger partial charge in [0.25, 0.3) is 11.6 Å². The van der Waals surface area contributed by atoms with Gasteiger partial charge in [-0.3, -0.25) is 24.5 Å². The number of benzene rings is 1. The molecular weight excluding hydrogens is 324 g/mol. The zero-order chi connectivity index (χ0) is 17.5. The summed E-state index contributed by atoms with van der Waals surface area (Å²) in [6.07, 6.45) is 5.16. The van der Waals surface area contributed by atoms with Crippen LogP contribution >= 0.6 is 0 Å². The van der Waals surface area contributed by atoms with Crippen LogP contribution in [0.25, 0.3) is 0 Å². The number of rotatable bonds is 2. The van der Waals surface area contributed by atoms with E-state index in [1.165, 1.54) is 24.3 Å². The van der Waals surface area contributed by atoms with Crippen molar-refractivity contribution in [2.45, 2.75) is 6.42 Å². The fraction of sp³-hybridized carbons (Fsp3) is 0.389. The van der Waals surface area contributed by atoms with Crippen molar-refractivity contribution in [1.82, 2.24) is 4.90 Å². The van der Waals surface area contributed by atoms with Gasteiger partial charge in [-0.2, -0.15) is 0 Å². The van der Waals surface area contributed by atoms with Crippen LogP contribution in [0.3, 0.4) is 0 Å². The van der Waals surface area contributed by atoms with Gasteiger partial charge in [0.1, 0.15) is 0 Å². The number of nitro benzene ring substituents is 1. The summed E-state index contributed by atoms with van der Waals surface area (Å²) < 4.78 is 0. The van der Waals surface area contributed by atoms with Crippen LogP contribution in [0, 0.1) is 45.6 Å². The van der Waals surface area contributed by atoms with E-state index in [-0.39, 0.29) is 23.1 Å². The molecule has 6 atom stereocenters. The monoisotopic (exact) mass is 338 g/mol. The average Bonchev–Trinajstić information content (AvgIpc) is 3.39. The van der Waals surface area contributed by atoms with Crippen molar-refractivity contribution in [1.29, 1.82) is 0 Å². The van der Waals surface area contributed by atoms with Crippen LogP contribution < -0.4 is 0 Å². The number of non-ortho nitro benzene ring substituents is 1. The summed E-state index contributed by atoms with van der Waals surface area (Å²) in [5, 5.41) is 10.7. The highest BCUT2D eigenvalue weighted by atomic mass is 16.6. The molecule has 25 heavy (non-hydrogen) atoms. The molecule has 0 N–H and O–H groups in total. The highest BCUT2D eigenvalue weighted by Crippen LogP contribution is 2.65. The number of likely N-dealkylation sites (tertiary alicyclic amines) is 1. The molecule has 7 heteroatoms. The smallest absolute Gasteiger partial charge is 0.269 e. The number of nitro groups is 1. The highest BCUT2D eigenvalue weighted by Gasteiger charge is 2.67. The Morgan fingerprint density at radius 2 is 1.52 bits per heavy atom. The molecule has 1 aromatic carbocycles. The summed E-state index contributed by atoms with van der Waals surface area (Å²) in [5.41, 5.74) is -0.0389. The Hall–Kier alpha value is -2.83. The molecule has 0 unspecified atom stereocenters. The zero-order valence-electron chi connectivity index (χ0n) is 13.1. The van der Waals surface area contributed by atoms with Crippen LogP contribution in [0.2, 0.25) is 0 Å². The predicted octanol–water partition coefficient (Wildman–Crippen LogP) is 1.79. The third-order valence-electron chi connectivity index (χ3n) is 6.19. The van der Waals surface area contributed by atoms with Crippen LogP contribution in [0.4, 0.5) is 5.69 Å². The van der Waals surface area contributed by atoms with Gasteiger partial charge in [0.05, 0.1) is 16.8 Å². The van der Waals surface area contributed by atoms with E-state index >= 15 is 0 Å². The Bertz CT molecular complexity index is 838. The molecule has 2 saturated carbocycles. The van der Waals surface area contributed by atoms with E-state index in [4.69, 9.17) is 0 Å². The van der Waals surface area contributed by atoms with Gasteiger partial charge in [0.15, 0.2) is 0 Å². The number of hydrogen-bond acceptors (Lipinski definition) is 5. The summed E-state index contributed by atoms with van der Waals surface area (Å²) in [7, 11) is 0. The molecule has 1 aliphatic heterocycles. The van der Waals surface area contributed by atoms with Crippen molar-refractivity contribution in [3.05, 3.63) is 52.1 Å². The highest BCUT2D eigenvalue weighted by molar-refractivity contribution is 6.21. The zero-order valence-corrected chi connectivity index (χ0v) is 13.1. The SMILES string of the molecule is O=C(c1ccc([N+](=O)[O-])cc1)N1C(=O)[C@@H]2[C@H]3C=C[C@@H]([C@@H]4C[C@H]34)[C@H]2C1=O. The minimum absolute atomic E-state index is 0.0612. The molecule has 3 fully saturated rings. The first-order valence-corrected chi connectivity index (χ1v) is 8.34. The quantitative estimate of drug-likeness (QED) is 0.354.